The van der Waals surface area contributed by atoms with E-state index in [4.69, 9.17) is 0 Å². The van der Waals surface area contributed by atoms with Gasteiger partial charge in [-0.3, -0.25) is 0 Å². The third-order valence-electron chi connectivity index (χ3n) is 14.1. The summed E-state index contributed by atoms with van der Waals surface area (Å²) < 4.78 is 0. The molecule has 4 heteroatoms. The maximum absolute atomic E-state index is 2.48. The van der Waals surface area contributed by atoms with Gasteiger partial charge in [0.1, 0.15) is 0 Å². The molecule has 0 amide bonds. The molecule has 0 saturated carbocycles. The fourth-order valence-electron chi connectivity index (χ4n) is 11.4. The van der Waals surface area contributed by atoms with Crippen molar-refractivity contribution in [3.63, 3.8) is 0 Å². The lowest BCUT2D eigenvalue weighted by molar-refractivity contribution is 1.16. The number of nitrogens with zero attached hydrogens (tertiary/aromatic N) is 4. The SMILES string of the molecule is Cc1ccc(N(c2ccc(C)cc2)c2ccc(N(c3ccc(N(c4c(C)cc(C)cc4C)c4c(C)cc(C)cc4C)cc3)c3ccc(N(c4c(C)cc(C)cc4C)c4c(C)cc(C)cc4C)cc3)cc2)cc1. The van der Waals surface area contributed by atoms with Crippen LogP contribution in [-0.4, -0.2) is 0 Å². The van der Waals surface area contributed by atoms with Crippen molar-refractivity contribution in [2.24, 2.45) is 0 Å². The maximum atomic E-state index is 2.48. The van der Waals surface area contributed by atoms with Crippen LogP contribution in [0.2, 0.25) is 0 Å². The maximum Gasteiger partial charge on any atom is 0.0520 e. The molecule has 9 rings (SSSR count). The van der Waals surface area contributed by atoms with Crippen molar-refractivity contribution in [3.8, 4) is 0 Å². The van der Waals surface area contributed by atoms with Crippen molar-refractivity contribution >= 4 is 68.2 Å². The molecule has 0 fully saturated rings. The first-order valence-corrected chi connectivity index (χ1v) is 25.4. The van der Waals surface area contributed by atoms with Crippen LogP contribution < -0.4 is 19.6 Å². The molecule has 0 aliphatic heterocycles. The number of rotatable bonds is 12. The first kappa shape index (κ1) is 49.2. The van der Waals surface area contributed by atoms with Crippen LogP contribution in [0.15, 0.2) is 170 Å². The van der Waals surface area contributed by atoms with Crippen LogP contribution in [0.4, 0.5) is 68.2 Å². The lowest BCUT2D eigenvalue weighted by Crippen LogP contribution is -2.17. The van der Waals surface area contributed by atoms with Gasteiger partial charge >= 0.3 is 0 Å². The minimum atomic E-state index is 1.06. The molecule has 0 saturated heterocycles. The van der Waals surface area contributed by atoms with Crippen molar-refractivity contribution in [1.82, 2.24) is 0 Å². The summed E-state index contributed by atoms with van der Waals surface area (Å²) in [6.45, 7) is 31.0. The molecule has 0 bridgehead atoms. The fourth-order valence-corrected chi connectivity index (χ4v) is 11.4. The van der Waals surface area contributed by atoms with Crippen molar-refractivity contribution in [1.29, 1.82) is 0 Å². The molecule has 4 nitrogen and oxygen atoms in total. The third-order valence-corrected chi connectivity index (χ3v) is 14.1. The Morgan fingerprint density at radius 3 is 0.472 bits per heavy atom. The Kier molecular flexibility index (Phi) is 13.7. The van der Waals surface area contributed by atoms with Crippen LogP contribution >= 0.6 is 0 Å². The van der Waals surface area contributed by atoms with Gasteiger partial charge in [-0.25, -0.2) is 0 Å². The lowest BCUT2D eigenvalue weighted by atomic mass is 9.98. The van der Waals surface area contributed by atoms with Crippen LogP contribution in [0.25, 0.3) is 0 Å². The van der Waals surface area contributed by atoms with Gasteiger partial charge in [0.15, 0.2) is 0 Å². The highest BCUT2D eigenvalue weighted by Gasteiger charge is 2.25. The summed E-state index contributed by atoms with van der Waals surface area (Å²) >= 11 is 0. The number of anilines is 12. The Hall–Kier alpha value is -7.82. The summed E-state index contributed by atoms with van der Waals surface area (Å²) in [6, 6.07) is 63.4. The van der Waals surface area contributed by atoms with Crippen molar-refractivity contribution in [2.45, 2.75) is 96.9 Å². The fraction of sp³-hybridized carbons (Fsp3) is 0.206. The topological polar surface area (TPSA) is 13.0 Å². The van der Waals surface area contributed by atoms with Crippen LogP contribution in [0.1, 0.15) is 77.9 Å². The summed E-state index contributed by atoms with van der Waals surface area (Å²) in [5.41, 5.74) is 31.2. The number of aryl methyl sites for hydroxylation is 14. The van der Waals surface area contributed by atoms with E-state index in [1.54, 1.807) is 0 Å². The van der Waals surface area contributed by atoms with E-state index in [0.717, 1.165) is 45.5 Å². The minimum absolute atomic E-state index is 1.06. The molecule has 0 heterocycles. The van der Waals surface area contributed by atoms with E-state index in [-0.39, 0.29) is 0 Å². The molecule has 0 aliphatic carbocycles. The Labute approximate surface area is 430 Å². The predicted molar refractivity (Wildman–Crippen MR) is 311 cm³/mol. The molecule has 0 aromatic heterocycles. The van der Waals surface area contributed by atoms with Crippen molar-refractivity contribution in [3.05, 3.63) is 248 Å². The number of hydrogen-bond acceptors (Lipinski definition) is 4. The summed E-state index contributed by atoms with van der Waals surface area (Å²) in [4.78, 5) is 9.70. The van der Waals surface area contributed by atoms with E-state index in [1.165, 1.54) is 101 Å². The Balaban J connectivity index is 1.20. The number of benzene rings is 9. The van der Waals surface area contributed by atoms with Gasteiger partial charge in [0.2, 0.25) is 0 Å². The summed E-state index contributed by atoms with van der Waals surface area (Å²) in [5, 5.41) is 0. The smallest absolute Gasteiger partial charge is 0.0520 e. The first-order chi connectivity index (χ1) is 34.4. The first-order valence-electron chi connectivity index (χ1n) is 25.4. The molecule has 9 aromatic rings. The average Bonchev–Trinajstić information content (AvgIpc) is 3.32. The second-order valence-corrected chi connectivity index (χ2v) is 20.6. The molecule has 0 aliphatic rings. The third kappa shape index (κ3) is 9.79. The zero-order valence-electron chi connectivity index (χ0n) is 45.0. The van der Waals surface area contributed by atoms with Gasteiger partial charge < -0.3 is 19.6 Å². The molecule has 0 radical (unpaired) electrons. The van der Waals surface area contributed by atoms with Gasteiger partial charge in [0, 0.05) is 45.5 Å². The van der Waals surface area contributed by atoms with E-state index in [0.29, 0.717) is 0 Å². The standard InChI is InChI=1S/C68H70N4/c1-43-15-19-57(20-16-43)69(58-21-17-44(2)18-22-58)59-23-25-60(26-24-59)70(61-27-31-63(32-28-61)71(65-49(7)35-45(3)36-50(65)8)66-51(9)37-46(4)38-52(66)10)62-29-33-64(34-30-62)72(67-53(11)39-47(5)40-54(67)12)68-55(13)41-48(6)42-56(68)14/h15-42H,1-14H3. The molecule has 0 atom stereocenters. The van der Waals surface area contributed by atoms with Crippen LogP contribution in [-0.2, 0) is 0 Å². The molecule has 362 valence electrons. The largest absolute Gasteiger partial charge is 0.311 e. The monoisotopic (exact) mass is 943 g/mol. The minimum Gasteiger partial charge on any atom is -0.311 e. The second-order valence-electron chi connectivity index (χ2n) is 20.6. The summed E-state index contributed by atoms with van der Waals surface area (Å²) in [6.07, 6.45) is 0. The van der Waals surface area contributed by atoms with Crippen LogP contribution in [0, 0.1) is 96.9 Å². The Morgan fingerprint density at radius 1 is 0.167 bits per heavy atom. The van der Waals surface area contributed by atoms with E-state index >= 15 is 0 Å². The van der Waals surface area contributed by atoms with Gasteiger partial charge in [0.25, 0.3) is 0 Å². The highest BCUT2D eigenvalue weighted by atomic mass is 15.2. The van der Waals surface area contributed by atoms with Gasteiger partial charge in [-0.15, -0.1) is 0 Å². The second kappa shape index (κ2) is 20.1. The highest BCUT2D eigenvalue weighted by Crippen LogP contribution is 2.47. The van der Waals surface area contributed by atoms with E-state index in [9.17, 15) is 0 Å². The van der Waals surface area contributed by atoms with Gasteiger partial charge in [0.05, 0.1) is 22.7 Å². The highest BCUT2D eigenvalue weighted by molar-refractivity contribution is 5.89. The Morgan fingerprint density at radius 2 is 0.306 bits per heavy atom. The van der Waals surface area contributed by atoms with E-state index < -0.39 is 0 Å². The van der Waals surface area contributed by atoms with Crippen molar-refractivity contribution in [2.75, 3.05) is 19.6 Å². The average molecular weight is 943 g/mol. The normalized spacial score (nSPS) is 11.2. The molecule has 0 unspecified atom stereocenters. The lowest BCUT2D eigenvalue weighted by Gasteiger charge is -2.33. The van der Waals surface area contributed by atoms with Crippen LogP contribution in [0.3, 0.4) is 0 Å². The number of hydrogen-bond donors (Lipinski definition) is 0. The summed E-state index contributed by atoms with van der Waals surface area (Å²) in [7, 11) is 0. The predicted octanol–water partition coefficient (Wildman–Crippen LogP) is 19.9. The molecule has 9 aromatic carbocycles. The zero-order chi connectivity index (χ0) is 51.1. The molecule has 0 N–H and O–H groups in total. The molecular formula is C68H70N4. The molecular weight excluding hydrogens is 873 g/mol. The van der Waals surface area contributed by atoms with Gasteiger partial charge in [-0.1, -0.05) is 106 Å². The quantitative estimate of drug-likeness (QED) is 0.121. The van der Waals surface area contributed by atoms with Crippen molar-refractivity contribution < 1.29 is 0 Å². The zero-order valence-corrected chi connectivity index (χ0v) is 45.0. The molecule has 0 spiro atoms. The van der Waals surface area contributed by atoms with E-state index in [2.05, 4.69) is 286 Å². The van der Waals surface area contributed by atoms with Crippen LogP contribution in [0.5, 0.6) is 0 Å². The summed E-state index contributed by atoms with van der Waals surface area (Å²) in [5.74, 6) is 0. The van der Waals surface area contributed by atoms with E-state index in [1.807, 2.05) is 0 Å². The Bertz CT molecular complexity index is 3000. The van der Waals surface area contributed by atoms with Gasteiger partial charge in [-0.05, 0) is 239 Å². The molecule has 72 heavy (non-hydrogen) atoms. The van der Waals surface area contributed by atoms with Gasteiger partial charge in [-0.2, -0.15) is 0 Å².